The van der Waals surface area contributed by atoms with Gasteiger partial charge in [0.05, 0.1) is 6.20 Å². The largest absolute Gasteiger partial charge is 0.456 e. The van der Waals surface area contributed by atoms with Crippen LogP contribution in [0.1, 0.15) is 31.1 Å². The van der Waals surface area contributed by atoms with Gasteiger partial charge in [0, 0.05) is 22.7 Å². The summed E-state index contributed by atoms with van der Waals surface area (Å²) in [5.74, 6) is -0.988. The smallest absolute Gasteiger partial charge is 0.342 e. The Morgan fingerprint density at radius 2 is 2.10 bits per heavy atom. The lowest BCUT2D eigenvalue weighted by Crippen LogP contribution is -2.24. The second-order valence-corrected chi connectivity index (χ2v) is 6.19. The molecule has 0 atom stereocenters. The molecule has 0 aliphatic heterocycles. The number of ether oxygens (including phenoxy) is 1. The summed E-state index contributed by atoms with van der Waals surface area (Å²) >= 11 is 1.21. The standard InChI is InChI=1S/C14H15FN2O2S/c1-14(2,3)19-13(18)11-10(7-20-12(11)16)8-4-9(15)6-17-5-8/h4-7H,16H2,1-3H3. The molecule has 0 bridgehead atoms. The van der Waals surface area contributed by atoms with Crippen LogP contribution in [-0.2, 0) is 4.74 Å². The molecule has 20 heavy (non-hydrogen) atoms. The van der Waals surface area contributed by atoms with Crippen LogP contribution in [0, 0.1) is 5.82 Å². The van der Waals surface area contributed by atoms with Gasteiger partial charge in [-0.3, -0.25) is 4.98 Å². The molecule has 2 N–H and O–H groups in total. The molecule has 0 radical (unpaired) electrons. The van der Waals surface area contributed by atoms with E-state index in [9.17, 15) is 9.18 Å². The van der Waals surface area contributed by atoms with E-state index in [4.69, 9.17) is 10.5 Å². The first-order valence-corrected chi connectivity index (χ1v) is 6.87. The third-order valence-corrected chi connectivity index (χ3v) is 3.25. The highest BCUT2D eigenvalue weighted by atomic mass is 32.1. The summed E-state index contributed by atoms with van der Waals surface area (Å²) in [7, 11) is 0. The highest BCUT2D eigenvalue weighted by Crippen LogP contribution is 2.34. The molecule has 0 spiro atoms. The number of pyridine rings is 1. The van der Waals surface area contributed by atoms with Crippen LogP contribution in [0.2, 0.25) is 0 Å². The van der Waals surface area contributed by atoms with Gasteiger partial charge in [-0.25, -0.2) is 9.18 Å². The molecule has 0 aliphatic carbocycles. The normalized spacial score (nSPS) is 11.4. The fourth-order valence-electron chi connectivity index (χ4n) is 1.68. The number of carbonyl (C=O) groups excluding carboxylic acids is 1. The number of halogens is 1. The fraction of sp³-hybridized carbons (Fsp3) is 0.286. The maximum atomic E-state index is 13.3. The average Bonchev–Trinajstić information content (AvgIpc) is 2.69. The van der Waals surface area contributed by atoms with E-state index in [1.54, 1.807) is 26.2 Å². The van der Waals surface area contributed by atoms with E-state index in [2.05, 4.69) is 4.98 Å². The molecule has 106 valence electrons. The first-order chi connectivity index (χ1) is 9.28. The van der Waals surface area contributed by atoms with Crippen molar-refractivity contribution < 1.29 is 13.9 Å². The molecule has 0 saturated heterocycles. The van der Waals surface area contributed by atoms with Crippen LogP contribution in [-0.4, -0.2) is 16.6 Å². The number of aromatic nitrogens is 1. The minimum Gasteiger partial charge on any atom is -0.456 e. The summed E-state index contributed by atoms with van der Waals surface area (Å²) in [5, 5.41) is 2.05. The van der Waals surface area contributed by atoms with Crippen LogP contribution >= 0.6 is 11.3 Å². The Hall–Kier alpha value is -1.95. The van der Waals surface area contributed by atoms with Crippen molar-refractivity contribution in [3.8, 4) is 11.1 Å². The van der Waals surface area contributed by atoms with Crippen LogP contribution in [0.15, 0.2) is 23.8 Å². The zero-order chi connectivity index (χ0) is 14.9. The van der Waals surface area contributed by atoms with Crippen molar-refractivity contribution in [3.63, 3.8) is 0 Å². The molecular weight excluding hydrogens is 279 g/mol. The lowest BCUT2D eigenvalue weighted by Gasteiger charge is -2.19. The average molecular weight is 294 g/mol. The number of hydrogen-bond donors (Lipinski definition) is 1. The number of nitrogen functional groups attached to an aromatic ring is 1. The fourth-order valence-corrected chi connectivity index (χ4v) is 2.49. The highest BCUT2D eigenvalue weighted by Gasteiger charge is 2.24. The second-order valence-electron chi connectivity index (χ2n) is 5.28. The van der Waals surface area contributed by atoms with E-state index in [0.29, 0.717) is 16.1 Å². The van der Waals surface area contributed by atoms with Crippen LogP contribution in [0.5, 0.6) is 0 Å². The third kappa shape index (κ3) is 3.14. The number of thiophene rings is 1. The molecular formula is C14H15FN2O2S. The Labute approximate surface area is 120 Å². The molecule has 4 nitrogen and oxygen atoms in total. The quantitative estimate of drug-likeness (QED) is 0.861. The van der Waals surface area contributed by atoms with Crippen LogP contribution in [0.4, 0.5) is 9.39 Å². The molecule has 0 fully saturated rings. The third-order valence-electron chi connectivity index (χ3n) is 2.44. The number of nitrogens with two attached hydrogens (primary N) is 1. The van der Waals surface area contributed by atoms with Crippen molar-refractivity contribution in [2.45, 2.75) is 26.4 Å². The van der Waals surface area contributed by atoms with Gasteiger partial charge in [0.15, 0.2) is 0 Å². The Bertz CT molecular complexity index is 647. The van der Waals surface area contributed by atoms with Gasteiger partial charge in [-0.15, -0.1) is 11.3 Å². The van der Waals surface area contributed by atoms with Gasteiger partial charge in [-0.1, -0.05) is 0 Å². The van der Waals surface area contributed by atoms with Crippen molar-refractivity contribution in [2.24, 2.45) is 0 Å². The summed E-state index contributed by atoms with van der Waals surface area (Å²) in [6.45, 7) is 5.32. The van der Waals surface area contributed by atoms with Crippen LogP contribution in [0.3, 0.4) is 0 Å². The lowest BCUT2D eigenvalue weighted by atomic mass is 10.1. The number of anilines is 1. The van der Waals surface area contributed by atoms with E-state index in [1.807, 2.05) is 0 Å². The molecule has 6 heteroatoms. The maximum absolute atomic E-state index is 13.3. The summed E-state index contributed by atoms with van der Waals surface area (Å²) < 4.78 is 18.6. The number of nitrogens with zero attached hydrogens (tertiary/aromatic N) is 1. The predicted molar refractivity (Wildman–Crippen MR) is 77.1 cm³/mol. The lowest BCUT2D eigenvalue weighted by molar-refractivity contribution is 0.00722. The van der Waals surface area contributed by atoms with Crippen molar-refractivity contribution in [1.82, 2.24) is 4.98 Å². The molecule has 0 unspecified atom stereocenters. The Balaban J connectivity index is 2.45. The molecule has 2 heterocycles. The minimum atomic E-state index is -0.622. The van der Waals surface area contributed by atoms with Gasteiger partial charge >= 0.3 is 5.97 Å². The first-order valence-electron chi connectivity index (χ1n) is 5.99. The number of esters is 1. The number of rotatable bonds is 2. The molecule has 0 amide bonds. The van der Waals surface area contributed by atoms with Gasteiger partial charge in [-0.05, 0) is 26.8 Å². The molecule has 0 aromatic carbocycles. The van der Waals surface area contributed by atoms with Gasteiger partial charge in [-0.2, -0.15) is 0 Å². The Morgan fingerprint density at radius 3 is 2.70 bits per heavy atom. The van der Waals surface area contributed by atoms with Crippen LogP contribution in [0.25, 0.3) is 11.1 Å². The molecule has 2 rings (SSSR count). The van der Waals surface area contributed by atoms with Gasteiger partial charge in [0.2, 0.25) is 0 Å². The van der Waals surface area contributed by atoms with Gasteiger partial charge in [0.1, 0.15) is 22.0 Å². The molecule has 0 saturated carbocycles. The highest BCUT2D eigenvalue weighted by molar-refractivity contribution is 7.14. The zero-order valence-corrected chi connectivity index (χ0v) is 12.3. The van der Waals surface area contributed by atoms with Crippen molar-refractivity contribution in [1.29, 1.82) is 0 Å². The number of hydrogen-bond acceptors (Lipinski definition) is 5. The van der Waals surface area contributed by atoms with Crippen molar-refractivity contribution in [2.75, 3.05) is 5.73 Å². The minimum absolute atomic E-state index is 0.261. The van der Waals surface area contributed by atoms with Crippen molar-refractivity contribution >= 4 is 22.3 Å². The van der Waals surface area contributed by atoms with Gasteiger partial charge in [0.25, 0.3) is 0 Å². The molecule has 0 aliphatic rings. The second kappa shape index (κ2) is 5.20. The Morgan fingerprint density at radius 1 is 1.40 bits per heavy atom. The predicted octanol–water partition coefficient (Wildman–Crippen LogP) is 3.49. The van der Waals surface area contributed by atoms with E-state index in [0.717, 1.165) is 6.20 Å². The summed E-state index contributed by atoms with van der Waals surface area (Å²) in [5.41, 5.74) is 6.51. The molecule has 2 aromatic heterocycles. The topological polar surface area (TPSA) is 65.2 Å². The monoisotopic (exact) mass is 294 g/mol. The molecule has 2 aromatic rings. The SMILES string of the molecule is CC(C)(C)OC(=O)c1c(-c2cncc(F)c2)csc1N. The van der Waals surface area contributed by atoms with Crippen LogP contribution < -0.4 is 5.73 Å². The first kappa shape index (κ1) is 14.5. The van der Waals surface area contributed by atoms with E-state index in [1.165, 1.54) is 23.6 Å². The van der Waals surface area contributed by atoms with E-state index >= 15 is 0 Å². The van der Waals surface area contributed by atoms with Crippen molar-refractivity contribution in [3.05, 3.63) is 35.2 Å². The number of carbonyl (C=O) groups is 1. The van der Waals surface area contributed by atoms with E-state index in [-0.39, 0.29) is 5.56 Å². The summed E-state index contributed by atoms with van der Waals surface area (Å²) in [6, 6.07) is 1.31. The van der Waals surface area contributed by atoms with Gasteiger partial charge < -0.3 is 10.5 Å². The zero-order valence-electron chi connectivity index (χ0n) is 11.4. The maximum Gasteiger partial charge on any atom is 0.342 e. The van der Waals surface area contributed by atoms with E-state index < -0.39 is 17.4 Å². The summed E-state index contributed by atoms with van der Waals surface area (Å²) in [6.07, 6.45) is 2.59. The summed E-state index contributed by atoms with van der Waals surface area (Å²) in [4.78, 5) is 16.0. The Kier molecular flexibility index (Phi) is 3.76.